The Hall–Kier alpha value is -1.77. The van der Waals surface area contributed by atoms with Crippen LogP contribution >= 0.6 is 22.6 Å². The molecule has 2 rings (SSSR count). The van der Waals surface area contributed by atoms with Gasteiger partial charge < -0.3 is 10.6 Å². The molecular formula is C13H8F3IN2O. The maximum Gasteiger partial charge on any atom is 0.323 e. The van der Waals surface area contributed by atoms with Crippen molar-refractivity contribution in [3.8, 4) is 0 Å². The van der Waals surface area contributed by atoms with Gasteiger partial charge >= 0.3 is 6.03 Å². The van der Waals surface area contributed by atoms with E-state index in [0.717, 1.165) is 12.1 Å². The minimum absolute atomic E-state index is 0.152. The molecule has 0 saturated heterocycles. The molecule has 0 aromatic heterocycles. The summed E-state index contributed by atoms with van der Waals surface area (Å²) >= 11 is 1.86. The second kappa shape index (κ2) is 6.12. The molecule has 104 valence electrons. The second-order valence-electron chi connectivity index (χ2n) is 3.83. The zero-order valence-electron chi connectivity index (χ0n) is 9.88. The van der Waals surface area contributed by atoms with Gasteiger partial charge in [-0.25, -0.2) is 18.0 Å². The molecule has 0 aliphatic heterocycles. The summed E-state index contributed by atoms with van der Waals surface area (Å²) in [5, 5.41) is 4.68. The fourth-order valence-corrected chi connectivity index (χ4v) is 2.07. The first-order valence-electron chi connectivity index (χ1n) is 5.44. The fourth-order valence-electron chi connectivity index (χ4n) is 1.46. The Kier molecular flexibility index (Phi) is 4.48. The van der Waals surface area contributed by atoms with E-state index in [9.17, 15) is 18.0 Å². The maximum absolute atomic E-state index is 13.3. The smallest absolute Gasteiger partial charge is 0.307 e. The summed E-state index contributed by atoms with van der Waals surface area (Å²) in [4.78, 5) is 11.7. The quantitative estimate of drug-likeness (QED) is 0.734. The first-order chi connectivity index (χ1) is 9.45. The molecule has 0 fully saturated rings. The van der Waals surface area contributed by atoms with E-state index in [2.05, 4.69) is 10.6 Å². The predicted octanol–water partition coefficient (Wildman–Crippen LogP) is 4.35. The van der Waals surface area contributed by atoms with Crippen molar-refractivity contribution in [2.45, 2.75) is 0 Å². The lowest BCUT2D eigenvalue weighted by Crippen LogP contribution is -2.20. The molecule has 2 aromatic carbocycles. The zero-order valence-corrected chi connectivity index (χ0v) is 12.0. The van der Waals surface area contributed by atoms with Gasteiger partial charge in [0.2, 0.25) is 0 Å². The fraction of sp³-hybridized carbons (Fsp3) is 0. The molecule has 2 amide bonds. The lowest BCUT2D eigenvalue weighted by molar-refractivity contribution is 0.262. The van der Waals surface area contributed by atoms with Crippen molar-refractivity contribution in [1.82, 2.24) is 0 Å². The zero-order chi connectivity index (χ0) is 14.7. The number of nitrogens with one attached hydrogen (secondary N) is 2. The van der Waals surface area contributed by atoms with E-state index in [4.69, 9.17) is 0 Å². The van der Waals surface area contributed by atoms with Gasteiger partial charge in [-0.05, 0) is 52.9 Å². The first kappa shape index (κ1) is 14.6. The van der Waals surface area contributed by atoms with Gasteiger partial charge in [-0.1, -0.05) is 0 Å². The molecule has 0 saturated carbocycles. The number of anilines is 2. The molecule has 3 nitrogen and oxygen atoms in total. The third kappa shape index (κ3) is 3.62. The summed E-state index contributed by atoms with van der Waals surface area (Å²) in [6, 6.07) is 5.92. The van der Waals surface area contributed by atoms with Gasteiger partial charge in [-0.15, -0.1) is 0 Å². The van der Waals surface area contributed by atoms with Crippen LogP contribution in [-0.4, -0.2) is 6.03 Å². The topological polar surface area (TPSA) is 41.1 Å². The van der Waals surface area contributed by atoms with Crippen LogP contribution in [0.2, 0.25) is 0 Å². The number of rotatable bonds is 2. The Morgan fingerprint density at radius 1 is 0.900 bits per heavy atom. The summed E-state index contributed by atoms with van der Waals surface area (Å²) in [7, 11) is 0. The van der Waals surface area contributed by atoms with E-state index in [-0.39, 0.29) is 5.69 Å². The van der Waals surface area contributed by atoms with E-state index < -0.39 is 23.5 Å². The van der Waals surface area contributed by atoms with Crippen LogP contribution in [0.5, 0.6) is 0 Å². The van der Waals surface area contributed by atoms with E-state index in [1.54, 1.807) is 0 Å². The van der Waals surface area contributed by atoms with Crippen LogP contribution in [0.1, 0.15) is 0 Å². The van der Waals surface area contributed by atoms with Crippen molar-refractivity contribution in [3.05, 3.63) is 57.4 Å². The van der Waals surface area contributed by atoms with Crippen molar-refractivity contribution in [1.29, 1.82) is 0 Å². The van der Waals surface area contributed by atoms with Crippen molar-refractivity contribution in [2.75, 3.05) is 10.6 Å². The van der Waals surface area contributed by atoms with E-state index in [1.165, 1.54) is 18.2 Å². The van der Waals surface area contributed by atoms with E-state index in [1.807, 2.05) is 22.6 Å². The summed E-state index contributed by atoms with van der Waals surface area (Å²) in [5.41, 5.74) is 0.230. The largest absolute Gasteiger partial charge is 0.323 e. The molecule has 0 atom stereocenters. The summed E-state index contributed by atoms with van der Waals surface area (Å²) in [6.07, 6.45) is 0. The minimum atomic E-state index is -0.881. The van der Waals surface area contributed by atoms with Crippen LogP contribution in [0.25, 0.3) is 0 Å². The molecule has 0 radical (unpaired) electrons. The first-order valence-corrected chi connectivity index (χ1v) is 6.51. The van der Waals surface area contributed by atoms with E-state index >= 15 is 0 Å². The number of hydrogen-bond donors (Lipinski definition) is 2. The number of benzene rings is 2. The number of halogens is 4. The highest BCUT2D eigenvalue weighted by atomic mass is 127. The molecule has 0 unspecified atom stereocenters. The monoisotopic (exact) mass is 392 g/mol. The van der Waals surface area contributed by atoms with Gasteiger partial charge in [0.05, 0.1) is 11.4 Å². The summed E-state index contributed by atoms with van der Waals surface area (Å²) in [5.74, 6) is -2.04. The molecule has 0 aliphatic carbocycles. The van der Waals surface area contributed by atoms with Crippen LogP contribution in [0, 0.1) is 21.0 Å². The van der Waals surface area contributed by atoms with Gasteiger partial charge in [0.15, 0.2) is 0 Å². The Morgan fingerprint density at radius 2 is 1.45 bits per heavy atom. The average molecular weight is 392 g/mol. The Morgan fingerprint density at radius 3 is 2.05 bits per heavy atom. The number of amides is 2. The van der Waals surface area contributed by atoms with Crippen molar-refractivity contribution in [2.24, 2.45) is 0 Å². The summed E-state index contributed by atoms with van der Waals surface area (Å²) < 4.78 is 39.5. The number of carbonyl (C=O) groups is 1. The van der Waals surface area contributed by atoms with Crippen LogP contribution < -0.4 is 10.6 Å². The van der Waals surface area contributed by atoms with Crippen molar-refractivity contribution in [3.63, 3.8) is 0 Å². The molecule has 20 heavy (non-hydrogen) atoms. The lowest BCUT2D eigenvalue weighted by atomic mass is 10.3. The van der Waals surface area contributed by atoms with Gasteiger partial charge in [-0.2, -0.15) is 0 Å². The molecule has 2 N–H and O–H groups in total. The van der Waals surface area contributed by atoms with E-state index in [0.29, 0.717) is 15.3 Å². The van der Waals surface area contributed by atoms with Crippen LogP contribution in [0.4, 0.5) is 29.3 Å². The highest BCUT2D eigenvalue weighted by molar-refractivity contribution is 14.1. The second-order valence-corrected chi connectivity index (χ2v) is 4.99. The highest BCUT2D eigenvalue weighted by Gasteiger charge is 2.09. The Labute approximate surface area is 126 Å². The molecule has 0 heterocycles. The van der Waals surface area contributed by atoms with Gasteiger partial charge in [-0.3, -0.25) is 0 Å². The van der Waals surface area contributed by atoms with Gasteiger partial charge in [0, 0.05) is 9.64 Å². The lowest BCUT2D eigenvalue weighted by Gasteiger charge is -2.09. The van der Waals surface area contributed by atoms with Gasteiger partial charge in [0.1, 0.15) is 17.5 Å². The van der Waals surface area contributed by atoms with Crippen LogP contribution in [0.3, 0.4) is 0 Å². The van der Waals surface area contributed by atoms with Crippen molar-refractivity contribution < 1.29 is 18.0 Å². The Bertz CT molecular complexity index is 609. The van der Waals surface area contributed by atoms with Crippen molar-refractivity contribution >= 4 is 40.0 Å². The molecular weight excluding hydrogens is 384 g/mol. The van der Waals surface area contributed by atoms with Crippen LogP contribution in [-0.2, 0) is 0 Å². The summed E-state index contributed by atoms with van der Waals surface area (Å²) in [6.45, 7) is 0. The predicted molar refractivity (Wildman–Crippen MR) is 78.1 cm³/mol. The molecule has 0 bridgehead atoms. The van der Waals surface area contributed by atoms with Gasteiger partial charge in [0.25, 0.3) is 0 Å². The molecule has 0 aliphatic rings. The Balaban J connectivity index is 2.09. The van der Waals surface area contributed by atoms with Crippen LogP contribution in [0.15, 0.2) is 36.4 Å². The molecule has 7 heteroatoms. The average Bonchev–Trinajstić information content (AvgIpc) is 2.36. The third-order valence-corrected chi connectivity index (χ3v) is 3.25. The highest BCUT2D eigenvalue weighted by Crippen LogP contribution is 2.20. The third-order valence-electron chi connectivity index (χ3n) is 2.36. The maximum atomic E-state index is 13.3. The number of urea groups is 1. The normalized spacial score (nSPS) is 10.2. The number of hydrogen-bond acceptors (Lipinski definition) is 1. The SMILES string of the molecule is O=C(Nc1ccc(F)cc1F)Nc1ccc(F)cc1I. The minimum Gasteiger partial charge on any atom is -0.307 e. The molecule has 0 spiro atoms. The molecule has 2 aromatic rings. The number of carbonyl (C=O) groups excluding carboxylic acids is 1. The standard InChI is InChI=1S/C13H8F3IN2O/c14-7-1-3-11(9(16)5-7)18-13(20)19-12-4-2-8(15)6-10(12)17/h1-6H,(H2,18,19,20).